The van der Waals surface area contributed by atoms with Crippen LogP contribution in [0.5, 0.6) is 23.0 Å². The van der Waals surface area contributed by atoms with Crippen LogP contribution in [0.15, 0.2) is 0 Å². The standard InChI is InChI=1S/C22H35NO7.C14H18O4.C8H19NO4/c1-15-16(2)20-18(17(3)19(15)25)5-6-22(4,30-20)21(26)23-7-9-27-11-13-29-14-12-28-10-8-24;1-7-8(2)12-10(9(3)11(7)15)5-6-14(4,18-12)13(16)17;9-1-3-11-5-7-13-8-6-12-4-2-10/h24-25H,5-14H2,1-4H3,(H,23,26);15H,5-6H2,1-4H3,(H,16,17);10H,1-9H2. The van der Waals surface area contributed by atoms with Gasteiger partial charge < -0.3 is 74.5 Å². The van der Waals surface area contributed by atoms with Crippen molar-refractivity contribution < 1.29 is 73.0 Å². The molecule has 0 radical (unpaired) electrons. The van der Waals surface area contributed by atoms with Gasteiger partial charge in [-0.05, 0) is 102 Å². The maximum atomic E-state index is 12.7. The number of aromatic hydroxyl groups is 2. The largest absolute Gasteiger partial charge is 0.507 e. The number of nitrogens with two attached hydrogens (primary N) is 1. The number of carboxylic acid groups (broad SMARTS) is 1. The number of hydrogen-bond acceptors (Lipinski definition) is 15. The van der Waals surface area contributed by atoms with Crippen molar-refractivity contribution in [2.75, 3.05) is 106 Å². The van der Waals surface area contributed by atoms with E-state index in [-0.39, 0.29) is 24.9 Å². The van der Waals surface area contributed by atoms with E-state index in [1.54, 1.807) is 13.8 Å². The van der Waals surface area contributed by atoms with Gasteiger partial charge in [0.05, 0.1) is 92.5 Å². The quantitative estimate of drug-likeness (QED) is 0.0794. The van der Waals surface area contributed by atoms with E-state index >= 15 is 0 Å². The van der Waals surface area contributed by atoms with E-state index in [1.807, 2.05) is 41.5 Å². The zero-order valence-electron chi connectivity index (χ0n) is 37.5. The van der Waals surface area contributed by atoms with E-state index in [0.717, 1.165) is 44.5 Å². The third-order valence-electron chi connectivity index (χ3n) is 10.7. The summed E-state index contributed by atoms with van der Waals surface area (Å²) in [6.45, 7) is 21.1. The number of aliphatic hydroxyl groups excluding tert-OH is 2. The van der Waals surface area contributed by atoms with Crippen LogP contribution in [0.3, 0.4) is 0 Å². The van der Waals surface area contributed by atoms with Crippen LogP contribution in [0.4, 0.5) is 0 Å². The zero-order chi connectivity index (χ0) is 45.6. The highest BCUT2D eigenvalue weighted by molar-refractivity contribution is 5.86. The molecule has 0 fully saturated rings. The van der Waals surface area contributed by atoms with Gasteiger partial charge in [-0.2, -0.15) is 0 Å². The fourth-order valence-electron chi connectivity index (χ4n) is 6.53. The molecular weight excluding hydrogens is 796 g/mol. The van der Waals surface area contributed by atoms with Crippen molar-refractivity contribution in [1.29, 1.82) is 0 Å². The third kappa shape index (κ3) is 16.1. The summed E-state index contributed by atoms with van der Waals surface area (Å²) < 4.78 is 43.0. The molecule has 0 spiro atoms. The second-order valence-corrected chi connectivity index (χ2v) is 15.2. The topological polar surface area (TPSA) is 247 Å². The summed E-state index contributed by atoms with van der Waals surface area (Å²) in [6.07, 6.45) is 2.24. The minimum absolute atomic E-state index is 0.00785. The van der Waals surface area contributed by atoms with Gasteiger partial charge in [-0.25, -0.2) is 4.79 Å². The summed E-state index contributed by atoms with van der Waals surface area (Å²) in [5.74, 6) is 0.810. The lowest BCUT2D eigenvalue weighted by Gasteiger charge is -2.36. The van der Waals surface area contributed by atoms with Gasteiger partial charge in [0.25, 0.3) is 5.91 Å². The fraction of sp³-hybridized carbons (Fsp3) is 0.682. The van der Waals surface area contributed by atoms with Crippen LogP contribution in [-0.4, -0.2) is 154 Å². The summed E-state index contributed by atoms with van der Waals surface area (Å²) in [4.78, 5) is 24.0. The number of ether oxygens (including phenoxy) is 8. The first-order valence-electron chi connectivity index (χ1n) is 20.9. The van der Waals surface area contributed by atoms with Gasteiger partial charge in [0, 0.05) is 37.1 Å². The molecule has 61 heavy (non-hydrogen) atoms. The van der Waals surface area contributed by atoms with Crippen LogP contribution in [-0.2, 0) is 50.9 Å². The van der Waals surface area contributed by atoms with Crippen LogP contribution in [0, 0.1) is 41.5 Å². The number of fused-ring (bicyclic) bond motifs is 2. The number of carboxylic acids is 1. The number of nitrogens with one attached hydrogen (secondary N) is 1. The number of aliphatic hydroxyl groups is 2. The molecule has 8 N–H and O–H groups in total. The van der Waals surface area contributed by atoms with Crippen molar-refractivity contribution in [2.45, 2.75) is 92.3 Å². The molecule has 348 valence electrons. The first-order valence-corrected chi connectivity index (χ1v) is 20.9. The summed E-state index contributed by atoms with van der Waals surface area (Å²) in [6, 6.07) is 0. The van der Waals surface area contributed by atoms with E-state index in [4.69, 9.17) is 53.8 Å². The second-order valence-electron chi connectivity index (χ2n) is 15.2. The molecule has 2 aliphatic rings. The van der Waals surface area contributed by atoms with Crippen molar-refractivity contribution in [3.8, 4) is 23.0 Å². The van der Waals surface area contributed by atoms with Crippen LogP contribution in [0.25, 0.3) is 0 Å². The third-order valence-corrected chi connectivity index (χ3v) is 10.7. The van der Waals surface area contributed by atoms with Crippen molar-refractivity contribution in [3.63, 3.8) is 0 Å². The predicted molar refractivity (Wildman–Crippen MR) is 228 cm³/mol. The number of phenols is 2. The Morgan fingerprint density at radius 2 is 0.934 bits per heavy atom. The SMILES string of the molecule is Cc1c(C)c2c(c(C)c1O)CCC(C)(C(=O)NCCOCCOCCOCCO)O2.Cc1c(C)c2c(c(C)c1O)CCC(C)(C(=O)O)O2.NCCOCCOCCOCCO. The van der Waals surface area contributed by atoms with E-state index in [2.05, 4.69) is 5.32 Å². The van der Waals surface area contributed by atoms with Gasteiger partial charge in [0.2, 0.25) is 5.60 Å². The lowest BCUT2D eigenvalue weighted by Crippen LogP contribution is -2.51. The molecule has 0 saturated heterocycles. The van der Waals surface area contributed by atoms with Crippen LogP contribution in [0.2, 0.25) is 0 Å². The van der Waals surface area contributed by atoms with E-state index < -0.39 is 17.2 Å². The first kappa shape index (κ1) is 53.4. The summed E-state index contributed by atoms with van der Waals surface area (Å²) in [5.41, 5.74) is 9.84. The highest BCUT2D eigenvalue weighted by Crippen LogP contribution is 2.44. The molecule has 2 aromatic rings. The Morgan fingerprint density at radius 1 is 0.574 bits per heavy atom. The molecule has 2 aromatic carbocycles. The van der Waals surface area contributed by atoms with Crippen molar-refractivity contribution >= 4 is 11.9 Å². The smallest absolute Gasteiger partial charge is 0.347 e. The molecule has 4 rings (SSSR count). The summed E-state index contributed by atoms with van der Waals surface area (Å²) in [5, 5.41) is 49.4. The minimum Gasteiger partial charge on any atom is -0.507 e. The molecule has 17 nitrogen and oxygen atoms in total. The summed E-state index contributed by atoms with van der Waals surface area (Å²) >= 11 is 0. The number of amides is 1. The Bertz CT molecular complexity index is 1660. The molecule has 0 bridgehead atoms. The maximum Gasteiger partial charge on any atom is 0.347 e. The highest BCUT2D eigenvalue weighted by Gasteiger charge is 2.42. The van der Waals surface area contributed by atoms with Crippen LogP contribution >= 0.6 is 0 Å². The van der Waals surface area contributed by atoms with Crippen molar-refractivity contribution in [3.05, 3.63) is 44.5 Å². The number of carbonyl (C=O) groups excluding carboxylic acids is 1. The average Bonchev–Trinajstić information content (AvgIpc) is 3.25. The van der Waals surface area contributed by atoms with E-state index in [1.165, 1.54) is 0 Å². The van der Waals surface area contributed by atoms with Gasteiger partial charge in [-0.15, -0.1) is 0 Å². The Balaban J connectivity index is 0.000000350. The number of rotatable bonds is 23. The van der Waals surface area contributed by atoms with E-state index in [0.29, 0.717) is 135 Å². The lowest BCUT2D eigenvalue weighted by molar-refractivity contribution is -0.155. The molecule has 0 saturated carbocycles. The molecular formula is C44H72N2O15. The Morgan fingerprint density at radius 3 is 1.33 bits per heavy atom. The normalized spacial score (nSPS) is 17.7. The molecule has 17 heteroatoms. The van der Waals surface area contributed by atoms with Gasteiger partial charge >= 0.3 is 5.97 Å². The molecule has 1 amide bonds. The number of aliphatic carboxylic acids is 1. The maximum absolute atomic E-state index is 12.7. The summed E-state index contributed by atoms with van der Waals surface area (Å²) in [7, 11) is 0. The average molecular weight is 869 g/mol. The highest BCUT2D eigenvalue weighted by atomic mass is 16.6. The molecule has 2 aliphatic heterocycles. The number of phenolic OH excluding ortho intramolecular Hbond substituents is 2. The Kier molecular flexibility index (Phi) is 23.9. The van der Waals surface area contributed by atoms with Gasteiger partial charge in [0.1, 0.15) is 23.0 Å². The molecule has 2 heterocycles. The molecule has 2 atom stereocenters. The van der Waals surface area contributed by atoms with Gasteiger partial charge in [-0.1, -0.05) is 0 Å². The Hall–Kier alpha value is -3.78. The number of carbonyl (C=O) groups is 2. The Labute approximate surface area is 360 Å². The molecule has 0 aliphatic carbocycles. The lowest BCUT2D eigenvalue weighted by atomic mass is 9.86. The van der Waals surface area contributed by atoms with Gasteiger partial charge in [-0.3, -0.25) is 4.79 Å². The van der Waals surface area contributed by atoms with Crippen molar-refractivity contribution in [2.24, 2.45) is 5.73 Å². The monoisotopic (exact) mass is 868 g/mol. The zero-order valence-corrected chi connectivity index (χ0v) is 37.5. The van der Waals surface area contributed by atoms with Crippen molar-refractivity contribution in [1.82, 2.24) is 5.32 Å². The molecule has 2 unspecified atom stereocenters. The van der Waals surface area contributed by atoms with Gasteiger partial charge in [0.15, 0.2) is 5.60 Å². The van der Waals surface area contributed by atoms with Crippen LogP contribution in [0.1, 0.15) is 71.2 Å². The predicted octanol–water partition coefficient (Wildman–Crippen LogP) is 3.03. The van der Waals surface area contributed by atoms with E-state index in [9.17, 15) is 24.9 Å². The fourth-order valence-corrected chi connectivity index (χ4v) is 6.53. The first-order chi connectivity index (χ1) is 29.0. The molecule has 0 aromatic heterocycles. The van der Waals surface area contributed by atoms with Crippen LogP contribution < -0.4 is 20.5 Å². The number of hydrogen-bond donors (Lipinski definition) is 7. The second kappa shape index (κ2) is 27.3. The number of benzene rings is 2. The minimum atomic E-state index is -1.17.